The maximum absolute atomic E-state index is 12.9. The molecule has 2 aromatic rings. The second kappa shape index (κ2) is 8.47. The predicted octanol–water partition coefficient (Wildman–Crippen LogP) is 3.54. The van der Waals surface area contributed by atoms with Crippen molar-refractivity contribution in [1.82, 2.24) is 10.2 Å². The second-order valence-corrected chi connectivity index (χ2v) is 8.42. The summed E-state index contributed by atoms with van der Waals surface area (Å²) < 4.78 is 5.25. The number of amides is 3. The summed E-state index contributed by atoms with van der Waals surface area (Å²) in [6, 6.07) is 12.3. The highest BCUT2D eigenvalue weighted by atomic mass is 32.2. The average Bonchev–Trinajstić information content (AvgIpc) is 3.13. The van der Waals surface area contributed by atoms with Gasteiger partial charge in [-0.05, 0) is 49.4 Å². The molecular weight excluding hydrogens is 414 g/mol. The molecule has 31 heavy (non-hydrogen) atoms. The van der Waals surface area contributed by atoms with Gasteiger partial charge in [0, 0.05) is 10.6 Å². The molecule has 0 saturated heterocycles. The van der Waals surface area contributed by atoms with E-state index in [1.165, 1.54) is 4.90 Å². The molecule has 0 saturated carbocycles. The third-order valence-electron chi connectivity index (χ3n) is 5.40. The maximum atomic E-state index is 12.9. The lowest BCUT2D eigenvalue weighted by Gasteiger charge is -2.33. The lowest BCUT2D eigenvalue weighted by Crippen LogP contribution is -2.49. The van der Waals surface area contributed by atoms with Gasteiger partial charge >= 0.3 is 12.0 Å². The molecule has 0 bridgehead atoms. The van der Waals surface area contributed by atoms with Gasteiger partial charge < -0.3 is 15.4 Å². The van der Waals surface area contributed by atoms with Crippen LogP contribution in [0.1, 0.15) is 22.7 Å². The highest BCUT2D eigenvalue weighted by Crippen LogP contribution is 2.36. The first-order chi connectivity index (χ1) is 14.9. The molecule has 1 unspecified atom stereocenters. The number of carbonyl (C=O) groups excluding carboxylic acids is 3. The van der Waals surface area contributed by atoms with Gasteiger partial charge in [-0.15, -0.1) is 11.8 Å². The standard InChI is InChI=1S/C23H23N3O4S/c1-13-7-8-14(2)17(9-13)21-20-18(12-30-22(20)28)26(23(29)25-21)11-19(27)24-15-5-4-6-16(10-15)31-3/h4-10,21H,11-12H2,1-3H3,(H,24,27)(H,25,29). The van der Waals surface area contributed by atoms with Gasteiger partial charge in [-0.2, -0.15) is 0 Å². The normalized spacial score (nSPS) is 17.9. The minimum absolute atomic E-state index is 0.0296. The van der Waals surface area contributed by atoms with E-state index in [0.29, 0.717) is 17.0 Å². The Morgan fingerprint density at radius 2 is 2.03 bits per heavy atom. The van der Waals surface area contributed by atoms with E-state index in [2.05, 4.69) is 10.6 Å². The van der Waals surface area contributed by atoms with Crippen molar-refractivity contribution in [2.45, 2.75) is 24.8 Å². The summed E-state index contributed by atoms with van der Waals surface area (Å²) in [6.45, 7) is 3.64. The van der Waals surface area contributed by atoms with Gasteiger partial charge in [-0.3, -0.25) is 9.69 Å². The van der Waals surface area contributed by atoms with Crippen LogP contribution in [0.15, 0.2) is 58.6 Å². The Balaban J connectivity index is 1.61. The summed E-state index contributed by atoms with van der Waals surface area (Å²) in [5.41, 5.74) is 4.30. The minimum Gasteiger partial charge on any atom is -0.456 e. The van der Waals surface area contributed by atoms with E-state index in [1.54, 1.807) is 17.8 Å². The molecule has 0 fully saturated rings. The molecule has 2 N–H and O–H groups in total. The molecule has 2 heterocycles. The molecule has 8 heteroatoms. The fraction of sp³-hybridized carbons (Fsp3) is 0.261. The molecule has 0 spiro atoms. The summed E-state index contributed by atoms with van der Waals surface area (Å²) in [7, 11) is 0. The molecule has 2 aromatic carbocycles. The Hall–Kier alpha value is -3.26. The average molecular weight is 438 g/mol. The Bertz CT molecular complexity index is 1110. The van der Waals surface area contributed by atoms with Gasteiger partial charge in [0.05, 0.1) is 17.3 Å². The summed E-state index contributed by atoms with van der Waals surface area (Å²) >= 11 is 1.57. The van der Waals surface area contributed by atoms with Crippen LogP contribution in [-0.4, -0.2) is 42.2 Å². The molecule has 4 rings (SSSR count). The number of cyclic esters (lactones) is 1. The molecule has 2 aliphatic heterocycles. The number of esters is 1. The highest BCUT2D eigenvalue weighted by molar-refractivity contribution is 7.98. The van der Waals surface area contributed by atoms with Crippen LogP contribution >= 0.6 is 11.8 Å². The number of ether oxygens (including phenoxy) is 1. The van der Waals surface area contributed by atoms with Crippen molar-refractivity contribution >= 4 is 35.4 Å². The highest BCUT2D eigenvalue weighted by Gasteiger charge is 2.43. The number of nitrogens with one attached hydrogen (secondary N) is 2. The Morgan fingerprint density at radius 3 is 2.81 bits per heavy atom. The third-order valence-corrected chi connectivity index (χ3v) is 6.12. The van der Waals surface area contributed by atoms with Gasteiger partial charge in [0.25, 0.3) is 0 Å². The van der Waals surface area contributed by atoms with E-state index in [-0.39, 0.29) is 19.1 Å². The van der Waals surface area contributed by atoms with Crippen LogP contribution in [0.25, 0.3) is 0 Å². The molecule has 160 valence electrons. The molecule has 0 aliphatic carbocycles. The Morgan fingerprint density at radius 1 is 1.23 bits per heavy atom. The monoisotopic (exact) mass is 437 g/mol. The van der Waals surface area contributed by atoms with Crippen molar-refractivity contribution in [3.63, 3.8) is 0 Å². The molecule has 1 atom stereocenters. The quantitative estimate of drug-likeness (QED) is 0.552. The van der Waals surface area contributed by atoms with Crippen molar-refractivity contribution in [2.75, 3.05) is 24.7 Å². The van der Waals surface area contributed by atoms with Crippen molar-refractivity contribution in [3.8, 4) is 0 Å². The van der Waals surface area contributed by atoms with Crippen LogP contribution in [0.4, 0.5) is 10.5 Å². The molecule has 0 aromatic heterocycles. The van der Waals surface area contributed by atoms with Crippen LogP contribution in [0.5, 0.6) is 0 Å². The zero-order valence-electron chi connectivity index (χ0n) is 17.5. The van der Waals surface area contributed by atoms with Crippen molar-refractivity contribution in [3.05, 3.63) is 70.4 Å². The summed E-state index contributed by atoms with van der Waals surface area (Å²) in [5, 5.41) is 5.70. The Kier molecular flexibility index (Phi) is 5.73. The summed E-state index contributed by atoms with van der Waals surface area (Å²) in [6.07, 6.45) is 1.95. The zero-order chi connectivity index (χ0) is 22.1. The van der Waals surface area contributed by atoms with Gasteiger partial charge in [0.2, 0.25) is 5.91 Å². The van der Waals surface area contributed by atoms with Crippen LogP contribution in [0, 0.1) is 13.8 Å². The Labute approximate surface area is 184 Å². The largest absolute Gasteiger partial charge is 0.456 e. The number of aryl methyl sites for hydroxylation is 2. The zero-order valence-corrected chi connectivity index (χ0v) is 18.3. The van der Waals surface area contributed by atoms with Gasteiger partial charge in [0.15, 0.2) is 0 Å². The second-order valence-electron chi connectivity index (χ2n) is 7.55. The van der Waals surface area contributed by atoms with E-state index in [4.69, 9.17) is 4.74 Å². The SMILES string of the molecule is CSc1cccc(NC(=O)CN2C(=O)NC(c3cc(C)ccc3C)C3=C2COC3=O)c1. The van der Waals surface area contributed by atoms with Gasteiger partial charge in [0.1, 0.15) is 13.2 Å². The minimum atomic E-state index is -0.602. The fourth-order valence-electron chi connectivity index (χ4n) is 3.83. The third kappa shape index (κ3) is 4.16. The van der Waals surface area contributed by atoms with Gasteiger partial charge in [-0.25, -0.2) is 9.59 Å². The van der Waals surface area contributed by atoms with E-state index in [0.717, 1.165) is 21.6 Å². The smallest absolute Gasteiger partial charge is 0.338 e. The van der Waals surface area contributed by atoms with E-state index < -0.39 is 18.0 Å². The number of urea groups is 1. The first-order valence-electron chi connectivity index (χ1n) is 9.86. The molecular formula is C23H23N3O4S. The number of hydrogen-bond acceptors (Lipinski definition) is 5. The van der Waals surface area contributed by atoms with Crippen molar-refractivity contribution < 1.29 is 19.1 Å². The molecule has 0 radical (unpaired) electrons. The number of benzene rings is 2. The summed E-state index contributed by atoms with van der Waals surface area (Å²) in [4.78, 5) is 40.4. The van der Waals surface area contributed by atoms with E-state index in [9.17, 15) is 14.4 Å². The predicted molar refractivity (Wildman–Crippen MR) is 119 cm³/mol. The topological polar surface area (TPSA) is 87.7 Å². The van der Waals surface area contributed by atoms with E-state index >= 15 is 0 Å². The maximum Gasteiger partial charge on any atom is 0.338 e. The van der Waals surface area contributed by atoms with Crippen LogP contribution in [0.3, 0.4) is 0 Å². The molecule has 2 aliphatic rings. The van der Waals surface area contributed by atoms with Crippen molar-refractivity contribution in [1.29, 1.82) is 0 Å². The lowest BCUT2D eigenvalue weighted by atomic mass is 9.91. The lowest BCUT2D eigenvalue weighted by molar-refractivity contribution is -0.136. The number of carbonyl (C=O) groups is 3. The van der Waals surface area contributed by atoms with Crippen LogP contribution < -0.4 is 10.6 Å². The summed E-state index contributed by atoms with van der Waals surface area (Å²) in [5.74, 6) is -0.830. The van der Waals surface area contributed by atoms with Crippen molar-refractivity contribution in [2.24, 2.45) is 0 Å². The van der Waals surface area contributed by atoms with Crippen LogP contribution in [-0.2, 0) is 14.3 Å². The van der Waals surface area contributed by atoms with Crippen LogP contribution in [0.2, 0.25) is 0 Å². The number of anilines is 1. The number of hydrogen-bond donors (Lipinski definition) is 2. The molecule has 7 nitrogen and oxygen atoms in total. The van der Waals surface area contributed by atoms with Gasteiger partial charge in [-0.1, -0.05) is 29.8 Å². The fourth-order valence-corrected chi connectivity index (χ4v) is 4.29. The van der Waals surface area contributed by atoms with E-state index in [1.807, 2.05) is 56.5 Å². The number of thioether (sulfide) groups is 1. The first-order valence-corrected chi connectivity index (χ1v) is 11.1. The first kappa shape index (κ1) is 21.0. The number of nitrogens with zero attached hydrogens (tertiary/aromatic N) is 1. The molecule has 3 amide bonds. The number of rotatable bonds is 5.